The van der Waals surface area contributed by atoms with Gasteiger partial charge in [0.05, 0.1) is 0 Å². The number of benzene rings is 2. The summed E-state index contributed by atoms with van der Waals surface area (Å²) in [6.07, 6.45) is 2.07. The number of halogens is 1. The third kappa shape index (κ3) is 4.31. The van der Waals surface area contributed by atoms with Crippen LogP contribution >= 0.6 is 11.6 Å². The normalized spacial score (nSPS) is 18.2. The molecule has 0 aliphatic carbocycles. The first-order valence-electron chi connectivity index (χ1n) is 9.65. The molecule has 0 bridgehead atoms. The van der Waals surface area contributed by atoms with Crippen LogP contribution in [0.4, 0.5) is 0 Å². The molecular weight excluding hydrogens is 410 g/mol. The highest BCUT2D eigenvalue weighted by Crippen LogP contribution is 2.29. The number of nitrogens with zero attached hydrogens (tertiary/aromatic N) is 2. The van der Waals surface area contributed by atoms with Crippen LogP contribution in [0.5, 0.6) is 0 Å². The number of sulfonamides is 1. The summed E-state index contributed by atoms with van der Waals surface area (Å²) in [6.45, 7) is 1.78. The maximum absolute atomic E-state index is 12.5. The summed E-state index contributed by atoms with van der Waals surface area (Å²) >= 11 is 5.99. The number of carbonyl (C=O) groups is 1. The molecule has 2 aliphatic rings. The second-order valence-electron chi connectivity index (χ2n) is 7.32. The first-order valence-corrected chi connectivity index (χ1v) is 11.5. The summed E-state index contributed by atoms with van der Waals surface area (Å²) in [5.74, 6) is 0.480. The highest BCUT2D eigenvalue weighted by molar-refractivity contribution is 7.90. The molecule has 2 aromatic carbocycles. The lowest BCUT2D eigenvalue weighted by atomic mass is 9.95. The molecule has 1 N–H and O–H groups in total. The topological polar surface area (TPSA) is 78.8 Å². The van der Waals surface area contributed by atoms with Gasteiger partial charge in [-0.05, 0) is 49.1 Å². The molecule has 2 aliphatic heterocycles. The standard InChI is InChI=1S/C21H22ClN3O3S/c22-17-5-3-4-15(14-17)8-11-23-21(26)16-9-12-25(13-10-16)20-18-6-1-2-7-19(18)29(27,28)24-20/h1-7,14,16H,8-13H2,(H,23,26). The van der Waals surface area contributed by atoms with Gasteiger partial charge >= 0.3 is 0 Å². The summed E-state index contributed by atoms with van der Waals surface area (Å²) in [4.78, 5) is 14.7. The lowest BCUT2D eigenvalue weighted by molar-refractivity contribution is -0.126. The SMILES string of the molecule is O=C(NCCc1cccc(Cl)c1)C1CCN(C2=NS(=O)(=O)c3ccccc32)CC1. The van der Waals surface area contributed by atoms with Gasteiger partial charge in [0, 0.05) is 36.1 Å². The number of amidine groups is 1. The van der Waals surface area contributed by atoms with Crippen molar-refractivity contribution >= 4 is 33.4 Å². The van der Waals surface area contributed by atoms with Gasteiger partial charge in [-0.15, -0.1) is 4.40 Å². The fourth-order valence-corrected chi connectivity index (χ4v) is 5.28. The number of hydrogen-bond acceptors (Lipinski definition) is 4. The van der Waals surface area contributed by atoms with Crippen molar-refractivity contribution in [3.05, 3.63) is 64.7 Å². The van der Waals surface area contributed by atoms with Gasteiger partial charge in [-0.1, -0.05) is 35.9 Å². The van der Waals surface area contributed by atoms with Crippen molar-refractivity contribution in [3.8, 4) is 0 Å². The van der Waals surface area contributed by atoms with E-state index in [1.165, 1.54) is 0 Å². The molecule has 152 valence electrons. The number of fused-ring (bicyclic) bond motifs is 1. The molecule has 1 saturated heterocycles. The monoisotopic (exact) mass is 431 g/mol. The molecule has 2 heterocycles. The number of piperidine rings is 1. The lowest BCUT2D eigenvalue weighted by Gasteiger charge is -2.32. The molecule has 2 aromatic rings. The Hall–Kier alpha value is -2.38. The van der Waals surface area contributed by atoms with E-state index in [1.54, 1.807) is 18.2 Å². The van der Waals surface area contributed by atoms with E-state index in [-0.39, 0.29) is 16.7 Å². The summed E-state index contributed by atoms with van der Waals surface area (Å²) in [5, 5.41) is 3.70. The molecule has 29 heavy (non-hydrogen) atoms. The van der Waals surface area contributed by atoms with Gasteiger partial charge in [0.25, 0.3) is 10.0 Å². The maximum Gasteiger partial charge on any atom is 0.285 e. The van der Waals surface area contributed by atoms with Crippen LogP contribution in [-0.4, -0.2) is 44.7 Å². The van der Waals surface area contributed by atoms with E-state index in [4.69, 9.17) is 11.6 Å². The Balaban J connectivity index is 1.31. The first kappa shape index (κ1) is 19.9. The van der Waals surface area contributed by atoms with Gasteiger partial charge in [-0.25, -0.2) is 0 Å². The molecule has 0 saturated carbocycles. The average molecular weight is 432 g/mol. The Kier molecular flexibility index (Phi) is 5.61. The summed E-state index contributed by atoms with van der Waals surface area (Å²) < 4.78 is 28.5. The van der Waals surface area contributed by atoms with Crippen LogP contribution < -0.4 is 5.32 Å². The molecular formula is C21H22ClN3O3S. The smallest absolute Gasteiger partial charge is 0.285 e. The van der Waals surface area contributed by atoms with Gasteiger partial charge in [0.2, 0.25) is 5.91 Å². The van der Waals surface area contributed by atoms with Crippen LogP contribution in [0.1, 0.15) is 24.0 Å². The molecule has 1 fully saturated rings. The summed E-state index contributed by atoms with van der Waals surface area (Å²) in [5.41, 5.74) is 1.74. The molecule has 1 amide bonds. The predicted molar refractivity (Wildman–Crippen MR) is 113 cm³/mol. The first-order chi connectivity index (χ1) is 13.9. The Morgan fingerprint density at radius 2 is 1.90 bits per heavy atom. The van der Waals surface area contributed by atoms with Crippen molar-refractivity contribution in [2.24, 2.45) is 10.3 Å². The van der Waals surface area contributed by atoms with E-state index in [9.17, 15) is 13.2 Å². The van der Waals surface area contributed by atoms with Crippen molar-refractivity contribution in [1.82, 2.24) is 10.2 Å². The maximum atomic E-state index is 12.5. The van der Waals surface area contributed by atoms with Crippen molar-refractivity contribution in [2.45, 2.75) is 24.2 Å². The van der Waals surface area contributed by atoms with E-state index in [2.05, 4.69) is 9.71 Å². The number of amides is 1. The van der Waals surface area contributed by atoms with E-state index in [1.807, 2.05) is 35.2 Å². The van der Waals surface area contributed by atoms with E-state index < -0.39 is 10.0 Å². The van der Waals surface area contributed by atoms with E-state index >= 15 is 0 Å². The number of rotatable bonds is 4. The summed E-state index contributed by atoms with van der Waals surface area (Å²) in [7, 11) is -3.62. The van der Waals surface area contributed by atoms with Gasteiger partial charge < -0.3 is 10.2 Å². The zero-order chi connectivity index (χ0) is 20.4. The third-order valence-corrected chi connectivity index (χ3v) is 6.94. The van der Waals surface area contributed by atoms with E-state index in [0.29, 0.717) is 48.9 Å². The molecule has 0 unspecified atom stereocenters. The largest absolute Gasteiger partial charge is 0.356 e. The minimum atomic E-state index is -3.62. The van der Waals surface area contributed by atoms with Gasteiger partial charge in [-0.2, -0.15) is 8.42 Å². The molecule has 0 aromatic heterocycles. The Labute approximate surface area is 175 Å². The molecule has 0 spiro atoms. The van der Waals surface area contributed by atoms with Crippen molar-refractivity contribution in [1.29, 1.82) is 0 Å². The molecule has 0 atom stereocenters. The van der Waals surface area contributed by atoms with Crippen LogP contribution in [0.3, 0.4) is 0 Å². The summed E-state index contributed by atoms with van der Waals surface area (Å²) in [6, 6.07) is 14.5. The van der Waals surface area contributed by atoms with Crippen molar-refractivity contribution < 1.29 is 13.2 Å². The number of nitrogens with one attached hydrogen (secondary N) is 1. The fourth-order valence-electron chi connectivity index (χ4n) is 3.84. The molecule has 6 nitrogen and oxygen atoms in total. The molecule has 0 radical (unpaired) electrons. The minimum Gasteiger partial charge on any atom is -0.356 e. The number of likely N-dealkylation sites (tertiary alicyclic amines) is 1. The Morgan fingerprint density at radius 3 is 2.66 bits per heavy atom. The Morgan fingerprint density at radius 1 is 1.14 bits per heavy atom. The quantitative estimate of drug-likeness (QED) is 0.807. The van der Waals surface area contributed by atoms with Gasteiger partial charge in [-0.3, -0.25) is 4.79 Å². The van der Waals surface area contributed by atoms with E-state index in [0.717, 1.165) is 12.0 Å². The van der Waals surface area contributed by atoms with Crippen molar-refractivity contribution in [3.63, 3.8) is 0 Å². The molecule has 8 heteroatoms. The van der Waals surface area contributed by atoms with Crippen molar-refractivity contribution in [2.75, 3.05) is 19.6 Å². The predicted octanol–water partition coefficient (Wildman–Crippen LogP) is 2.86. The zero-order valence-electron chi connectivity index (χ0n) is 15.8. The van der Waals surface area contributed by atoms with Crippen LogP contribution in [0.25, 0.3) is 0 Å². The van der Waals surface area contributed by atoms with Crippen LogP contribution in [0, 0.1) is 5.92 Å². The lowest BCUT2D eigenvalue weighted by Crippen LogP contribution is -2.43. The fraction of sp³-hybridized carbons (Fsp3) is 0.333. The Bertz CT molecular complexity index is 1060. The second kappa shape index (κ2) is 8.16. The number of hydrogen-bond donors (Lipinski definition) is 1. The van der Waals surface area contributed by atoms with Gasteiger partial charge in [0.1, 0.15) is 4.90 Å². The minimum absolute atomic E-state index is 0.0491. The zero-order valence-corrected chi connectivity index (χ0v) is 17.4. The highest BCUT2D eigenvalue weighted by atomic mass is 35.5. The average Bonchev–Trinajstić information content (AvgIpc) is 2.99. The molecule has 4 rings (SSSR count). The van der Waals surface area contributed by atoms with Gasteiger partial charge in [0.15, 0.2) is 5.84 Å². The van der Waals surface area contributed by atoms with Crippen LogP contribution in [-0.2, 0) is 21.2 Å². The number of carbonyl (C=O) groups excluding carboxylic acids is 1. The van der Waals surface area contributed by atoms with Crippen LogP contribution in [0.15, 0.2) is 57.8 Å². The second-order valence-corrected chi connectivity index (χ2v) is 9.33. The third-order valence-electron chi connectivity index (χ3n) is 5.38. The highest BCUT2D eigenvalue weighted by Gasteiger charge is 2.34. The van der Waals surface area contributed by atoms with Crippen LogP contribution in [0.2, 0.25) is 5.02 Å².